The number of nitrogens with zero attached hydrogens (tertiary/aromatic N) is 1. The van der Waals surface area contributed by atoms with Crippen molar-refractivity contribution in [1.29, 1.82) is 0 Å². The van der Waals surface area contributed by atoms with Gasteiger partial charge in [-0.05, 0) is 49.1 Å². The Morgan fingerprint density at radius 2 is 1.36 bits per heavy atom. The van der Waals surface area contributed by atoms with Crippen molar-refractivity contribution in [3.8, 4) is 17.0 Å². The summed E-state index contributed by atoms with van der Waals surface area (Å²) in [5, 5.41) is 0. The minimum atomic E-state index is -0.328. The summed E-state index contributed by atoms with van der Waals surface area (Å²) in [6.45, 7) is 6.69. The van der Waals surface area contributed by atoms with Gasteiger partial charge in [0.25, 0.3) is 0 Å². The normalized spacial score (nSPS) is 17.0. The van der Waals surface area contributed by atoms with Crippen molar-refractivity contribution in [2.75, 3.05) is 19.8 Å². The summed E-state index contributed by atoms with van der Waals surface area (Å²) < 4.78 is 32.4. The minimum Gasteiger partial charge on any atom is -0.491 e. The van der Waals surface area contributed by atoms with Gasteiger partial charge in [-0.3, -0.25) is 4.98 Å². The van der Waals surface area contributed by atoms with Crippen LogP contribution in [0.1, 0.15) is 135 Å². The first kappa shape index (κ1) is 34.5. The molecule has 2 aromatic rings. The largest absolute Gasteiger partial charge is 0.491 e. The Morgan fingerprint density at radius 1 is 0.738 bits per heavy atom. The van der Waals surface area contributed by atoms with Crippen molar-refractivity contribution in [2.24, 2.45) is 5.92 Å². The molecule has 0 bridgehead atoms. The van der Waals surface area contributed by atoms with Gasteiger partial charge in [-0.25, -0.2) is 4.39 Å². The standard InChI is InChI=1S/C37H58FNO3/c1-3-5-7-9-11-13-15-17-19-32-29-41-37(42-30-32)25-21-31-20-23-35(39-28-31)33-22-24-36(34(38)27-33)40-26-18-16-14-12-10-8-6-4-2/h20,22-24,27-28,32,37H,3-19,21,25-26,29-30H2,1-2H3. The summed E-state index contributed by atoms with van der Waals surface area (Å²) >= 11 is 0. The highest BCUT2D eigenvalue weighted by Crippen LogP contribution is 2.26. The number of ether oxygens (including phenoxy) is 3. The zero-order valence-electron chi connectivity index (χ0n) is 26.7. The molecule has 0 saturated carbocycles. The Balaban J connectivity index is 1.27. The first-order valence-electron chi connectivity index (χ1n) is 17.3. The number of unbranched alkanes of at least 4 members (excludes halogenated alkanes) is 14. The summed E-state index contributed by atoms with van der Waals surface area (Å²) in [5.41, 5.74) is 2.67. The van der Waals surface area contributed by atoms with Crippen LogP contribution in [0.15, 0.2) is 36.5 Å². The molecule has 0 amide bonds. The van der Waals surface area contributed by atoms with Crippen molar-refractivity contribution >= 4 is 0 Å². The van der Waals surface area contributed by atoms with Crippen molar-refractivity contribution in [2.45, 2.75) is 142 Å². The Labute approximate surface area is 256 Å². The molecule has 0 unspecified atom stereocenters. The molecule has 1 aromatic carbocycles. The van der Waals surface area contributed by atoms with Gasteiger partial charge in [0.1, 0.15) is 0 Å². The van der Waals surface area contributed by atoms with E-state index in [0.29, 0.717) is 18.3 Å². The van der Waals surface area contributed by atoms with Crippen LogP contribution < -0.4 is 4.74 Å². The molecule has 2 heterocycles. The zero-order valence-corrected chi connectivity index (χ0v) is 26.7. The van der Waals surface area contributed by atoms with Crippen LogP contribution in [0.25, 0.3) is 11.3 Å². The zero-order chi connectivity index (χ0) is 29.7. The van der Waals surface area contributed by atoms with Crippen LogP contribution in [-0.4, -0.2) is 31.1 Å². The van der Waals surface area contributed by atoms with Crippen molar-refractivity contribution < 1.29 is 18.6 Å². The van der Waals surface area contributed by atoms with Gasteiger partial charge in [-0.15, -0.1) is 0 Å². The van der Waals surface area contributed by atoms with Gasteiger partial charge < -0.3 is 14.2 Å². The highest BCUT2D eigenvalue weighted by Gasteiger charge is 2.21. The fourth-order valence-electron chi connectivity index (χ4n) is 5.71. The minimum absolute atomic E-state index is 0.132. The predicted molar refractivity (Wildman–Crippen MR) is 172 cm³/mol. The number of aromatic nitrogens is 1. The number of halogens is 1. The maximum atomic E-state index is 14.7. The molecule has 1 aromatic heterocycles. The van der Waals surface area contributed by atoms with Gasteiger partial charge in [-0.1, -0.05) is 116 Å². The van der Waals surface area contributed by atoms with E-state index < -0.39 is 0 Å². The Bertz CT molecular complexity index is 943. The molecule has 0 radical (unpaired) electrons. The van der Waals surface area contributed by atoms with E-state index in [1.807, 2.05) is 18.3 Å². The van der Waals surface area contributed by atoms with Gasteiger partial charge in [0.2, 0.25) is 0 Å². The summed E-state index contributed by atoms with van der Waals surface area (Å²) in [6, 6.07) is 9.18. The van der Waals surface area contributed by atoms with Crippen LogP contribution in [0.4, 0.5) is 4.39 Å². The SMILES string of the molecule is CCCCCCCCCCOc1ccc(-c2ccc(CCC3OCC(CCCCCCCCCC)CO3)cn2)cc1F. The van der Waals surface area contributed by atoms with Crippen LogP contribution >= 0.6 is 0 Å². The van der Waals surface area contributed by atoms with E-state index in [0.717, 1.165) is 55.7 Å². The van der Waals surface area contributed by atoms with Crippen molar-refractivity contribution in [1.82, 2.24) is 4.98 Å². The van der Waals surface area contributed by atoms with E-state index >= 15 is 0 Å². The van der Waals surface area contributed by atoms with E-state index in [1.54, 1.807) is 6.07 Å². The Morgan fingerprint density at radius 3 is 1.95 bits per heavy atom. The van der Waals surface area contributed by atoms with Crippen LogP contribution in [0.2, 0.25) is 0 Å². The molecule has 0 atom stereocenters. The van der Waals surface area contributed by atoms with Crippen LogP contribution in [0, 0.1) is 11.7 Å². The highest BCUT2D eigenvalue weighted by atomic mass is 19.1. The van der Waals surface area contributed by atoms with Gasteiger partial charge in [0, 0.05) is 24.1 Å². The average Bonchev–Trinajstić information content (AvgIpc) is 3.02. The average molecular weight is 584 g/mol. The van der Waals surface area contributed by atoms with E-state index in [9.17, 15) is 4.39 Å². The Hall–Kier alpha value is -1.98. The number of aryl methyl sites for hydroxylation is 1. The molecule has 0 N–H and O–H groups in total. The lowest BCUT2D eigenvalue weighted by Crippen LogP contribution is -2.32. The van der Waals surface area contributed by atoms with Gasteiger partial charge in [-0.2, -0.15) is 0 Å². The molecule has 4 nitrogen and oxygen atoms in total. The first-order valence-corrected chi connectivity index (χ1v) is 17.3. The second kappa shape index (κ2) is 21.7. The molecule has 0 aliphatic carbocycles. The first-order chi connectivity index (χ1) is 20.7. The van der Waals surface area contributed by atoms with Crippen molar-refractivity contribution in [3.05, 3.63) is 47.9 Å². The van der Waals surface area contributed by atoms with E-state index in [-0.39, 0.29) is 12.1 Å². The molecule has 0 spiro atoms. The topological polar surface area (TPSA) is 40.6 Å². The molecule has 42 heavy (non-hydrogen) atoms. The number of benzene rings is 1. The van der Waals surface area contributed by atoms with Crippen LogP contribution in [0.5, 0.6) is 5.75 Å². The molecule has 1 fully saturated rings. The maximum Gasteiger partial charge on any atom is 0.165 e. The maximum absolute atomic E-state index is 14.7. The lowest BCUT2D eigenvalue weighted by molar-refractivity contribution is -0.203. The monoisotopic (exact) mass is 583 g/mol. The summed E-state index contributed by atoms with van der Waals surface area (Å²) in [4.78, 5) is 4.60. The Kier molecular flexibility index (Phi) is 17.8. The van der Waals surface area contributed by atoms with Gasteiger partial charge in [0.05, 0.1) is 25.5 Å². The number of pyridine rings is 1. The molecule has 1 aliphatic rings. The third kappa shape index (κ3) is 14.0. The molecule has 3 rings (SSSR count). The molecule has 1 aliphatic heterocycles. The lowest BCUT2D eigenvalue weighted by atomic mass is 10.0. The lowest BCUT2D eigenvalue weighted by Gasteiger charge is -2.29. The van der Waals surface area contributed by atoms with E-state index in [4.69, 9.17) is 14.2 Å². The second-order valence-electron chi connectivity index (χ2n) is 12.3. The summed E-state index contributed by atoms with van der Waals surface area (Å²) in [5.74, 6) is 0.528. The molecular weight excluding hydrogens is 525 g/mol. The van der Waals surface area contributed by atoms with Crippen LogP contribution in [-0.2, 0) is 15.9 Å². The number of hydrogen-bond donors (Lipinski definition) is 0. The molecular formula is C37H58FNO3. The van der Waals surface area contributed by atoms with E-state index in [2.05, 4.69) is 24.9 Å². The highest BCUT2D eigenvalue weighted by molar-refractivity contribution is 5.60. The molecule has 5 heteroatoms. The second-order valence-corrected chi connectivity index (χ2v) is 12.3. The summed E-state index contributed by atoms with van der Waals surface area (Å²) in [7, 11) is 0. The fourth-order valence-corrected chi connectivity index (χ4v) is 5.71. The predicted octanol–water partition coefficient (Wildman–Crippen LogP) is 10.9. The smallest absolute Gasteiger partial charge is 0.165 e. The van der Waals surface area contributed by atoms with Gasteiger partial charge in [0.15, 0.2) is 17.9 Å². The molecule has 236 valence electrons. The third-order valence-corrected chi connectivity index (χ3v) is 8.48. The van der Waals surface area contributed by atoms with Gasteiger partial charge >= 0.3 is 0 Å². The third-order valence-electron chi connectivity index (χ3n) is 8.48. The summed E-state index contributed by atoms with van der Waals surface area (Å²) in [6.07, 6.45) is 25.4. The van der Waals surface area contributed by atoms with Crippen LogP contribution in [0.3, 0.4) is 0 Å². The van der Waals surface area contributed by atoms with E-state index in [1.165, 1.54) is 102 Å². The fraction of sp³-hybridized carbons (Fsp3) is 0.703. The van der Waals surface area contributed by atoms with Crippen molar-refractivity contribution in [3.63, 3.8) is 0 Å². The number of rotatable bonds is 23. The number of hydrogen-bond acceptors (Lipinski definition) is 4. The molecule has 1 saturated heterocycles. The quantitative estimate of drug-likeness (QED) is 0.122.